The number of carbonyl (C=O) groups excluding carboxylic acids is 1. The number of aromatic nitrogens is 1. The molecule has 0 bridgehead atoms. The van der Waals surface area contributed by atoms with E-state index in [9.17, 15) is 4.79 Å². The van der Waals surface area contributed by atoms with E-state index in [4.69, 9.17) is 9.47 Å². The molecule has 0 fully saturated rings. The Hall–Kier alpha value is -2.51. The van der Waals surface area contributed by atoms with Gasteiger partial charge in [0.25, 0.3) is 0 Å². The largest absolute Gasteiger partial charge is 0.486 e. The fourth-order valence-corrected chi connectivity index (χ4v) is 4.92. The van der Waals surface area contributed by atoms with Crippen LogP contribution in [0.2, 0.25) is 0 Å². The number of nitrogens with zero attached hydrogens (tertiary/aromatic N) is 1. The predicted molar refractivity (Wildman–Crippen MR) is 115 cm³/mol. The molecule has 0 spiro atoms. The lowest BCUT2D eigenvalue weighted by atomic mass is 10.2. The third kappa shape index (κ3) is 4.48. The zero-order chi connectivity index (χ0) is 19.3. The second-order valence-electron chi connectivity index (χ2n) is 6.29. The topological polar surface area (TPSA) is 60.5 Å². The van der Waals surface area contributed by atoms with E-state index in [1.54, 1.807) is 29.2 Å². The molecule has 1 aliphatic rings. The summed E-state index contributed by atoms with van der Waals surface area (Å²) in [5.74, 6) is 2.50. The molecular formula is C21H20N2O3S2. The molecule has 2 aromatic carbocycles. The Bertz CT molecular complexity index is 973. The van der Waals surface area contributed by atoms with Gasteiger partial charge in [0, 0.05) is 27.9 Å². The van der Waals surface area contributed by atoms with E-state index >= 15 is 0 Å². The van der Waals surface area contributed by atoms with Crippen LogP contribution in [0.15, 0.2) is 48.5 Å². The van der Waals surface area contributed by atoms with Gasteiger partial charge in [0.05, 0.1) is 11.4 Å². The molecule has 5 nitrogen and oxygen atoms in total. The monoisotopic (exact) mass is 412 g/mol. The number of benzene rings is 2. The highest BCUT2D eigenvalue weighted by atomic mass is 32.2. The smallest absolute Gasteiger partial charge is 0.234 e. The molecule has 0 atom stereocenters. The van der Waals surface area contributed by atoms with Crippen LogP contribution >= 0.6 is 23.1 Å². The molecule has 0 radical (unpaired) electrons. The number of thiazole rings is 1. The van der Waals surface area contributed by atoms with Crippen LogP contribution < -0.4 is 14.8 Å². The summed E-state index contributed by atoms with van der Waals surface area (Å²) in [6.45, 7) is 3.10. The summed E-state index contributed by atoms with van der Waals surface area (Å²) >= 11 is 3.28. The van der Waals surface area contributed by atoms with Gasteiger partial charge >= 0.3 is 0 Å². The summed E-state index contributed by atoms with van der Waals surface area (Å²) in [4.78, 5) is 18.1. The van der Waals surface area contributed by atoms with Crippen LogP contribution in [0.4, 0.5) is 5.69 Å². The van der Waals surface area contributed by atoms with Crippen molar-refractivity contribution in [3.05, 3.63) is 59.1 Å². The van der Waals surface area contributed by atoms with Gasteiger partial charge in [-0.2, -0.15) is 0 Å². The molecule has 0 unspecified atom stereocenters. The SMILES string of the molecule is Cc1nc(-c2ccccc2)sc1CSCC(=O)Nc1ccc2c(c1)OCCO2. The summed E-state index contributed by atoms with van der Waals surface area (Å²) in [5, 5.41) is 3.94. The number of nitrogens with one attached hydrogen (secondary N) is 1. The van der Waals surface area contributed by atoms with E-state index < -0.39 is 0 Å². The highest BCUT2D eigenvalue weighted by molar-refractivity contribution is 7.99. The Labute approximate surface area is 172 Å². The Kier molecular flexibility index (Phi) is 5.83. The van der Waals surface area contributed by atoms with Gasteiger partial charge in [-0.3, -0.25) is 4.79 Å². The summed E-state index contributed by atoms with van der Waals surface area (Å²) < 4.78 is 11.0. The van der Waals surface area contributed by atoms with Crippen molar-refractivity contribution in [1.29, 1.82) is 0 Å². The van der Waals surface area contributed by atoms with Crippen LogP contribution in [0.25, 0.3) is 10.6 Å². The van der Waals surface area contributed by atoms with Crippen molar-refractivity contribution < 1.29 is 14.3 Å². The van der Waals surface area contributed by atoms with E-state index in [2.05, 4.69) is 22.4 Å². The molecular weight excluding hydrogens is 392 g/mol. The molecule has 4 rings (SSSR count). The van der Waals surface area contributed by atoms with E-state index in [-0.39, 0.29) is 5.91 Å². The van der Waals surface area contributed by atoms with E-state index in [1.807, 2.05) is 37.3 Å². The van der Waals surface area contributed by atoms with Crippen molar-refractivity contribution in [3.8, 4) is 22.1 Å². The minimum Gasteiger partial charge on any atom is -0.486 e. The van der Waals surface area contributed by atoms with Crippen LogP contribution in [-0.4, -0.2) is 29.9 Å². The number of anilines is 1. The third-order valence-electron chi connectivity index (χ3n) is 4.21. The van der Waals surface area contributed by atoms with Gasteiger partial charge < -0.3 is 14.8 Å². The minimum absolute atomic E-state index is 0.0351. The molecule has 2 heterocycles. The Morgan fingerprint density at radius 1 is 1.14 bits per heavy atom. The first-order valence-electron chi connectivity index (χ1n) is 8.98. The van der Waals surface area contributed by atoms with Crippen molar-refractivity contribution >= 4 is 34.7 Å². The Morgan fingerprint density at radius 2 is 1.93 bits per heavy atom. The van der Waals surface area contributed by atoms with Crippen molar-refractivity contribution in [1.82, 2.24) is 4.98 Å². The average Bonchev–Trinajstić information content (AvgIpc) is 3.09. The van der Waals surface area contributed by atoms with Gasteiger partial charge in [-0.15, -0.1) is 23.1 Å². The molecule has 1 N–H and O–H groups in total. The van der Waals surface area contributed by atoms with Crippen LogP contribution in [0.5, 0.6) is 11.5 Å². The number of carbonyl (C=O) groups is 1. The third-order valence-corrected chi connectivity index (χ3v) is 6.55. The number of hydrogen-bond donors (Lipinski definition) is 1. The molecule has 0 saturated carbocycles. The number of hydrogen-bond acceptors (Lipinski definition) is 6. The fraction of sp³-hybridized carbons (Fsp3) is 0.238. The van der Waals surface area contributed by atoms with Gasteiger partial charge in [-0.25, -0.2) is 4.98 Å². The number of aryl methyl sites for hydroxylation is 1. The van der Waals surface area contributed by atoms with Gasteiger partial charge in [-0.1, -0.05) is 30.3 Å². The number of rotatable bonds is 6. The van der Waals surface area contributed by atoms with E-state index in [1.165, 1.54) is 4.88 Å². The molecule has 28 heavy (non-hydrogen) atoms. The van der Waals surface area contributed by atoms with Gasteiger partial charge in [-0.05, 0) is 19.1 Å². The average molecular weight is 413 g/mol. The molecule has 0 saturated heterocycles. The highest BCUT2D eigenvalue weighted by Crippen LogP contribution is 2.33. The van der Waals surface area contributed by atoms with Crippen molar-refractivity contribution in [2.45, 2.75) is 12.7 Å². The van der Waals surface area contributed by atoms with Crippen LogP contribution in [0, 0.1) is 6.92 Å². The first kappa shape index (κ1) is 18.8. The quantitative estimate of drug-likeness (QED) is 0.632. The maximum absolute atomic E-state index is 12.3. The van der Waals surface area contributed by atoms with Crippen molar-refractivity contribution in [2.75, 3.05) is 24.3 Å². The Balaban J connectivity index is 1.30. The number of thioether (sulfide) groups is 1. The van der Waals surface area contributed by atoms with E-state index in [0.29, 0.717) is 30.5 Å². The second-order valence-corrected chi connectivity index (χ2v) is 8.36. The molecule has 144 valence electrons. The lowest BCUT2D eigenvalue weighted by Crippen LogP contribution is -2.17. The predicted octanol–water partition coefficient (Wildman–Crippen LogP) is 4.76. The van der Waals surface area contributed by atoms with Crippen molar-refractivity contribution in [2.24, 2.45) is 0 Å². The maximum atomic E-state index is 12.3. The summed E-state index contributed by atoms with van der Waals surface area (Å²) in [5.41, 5.74) is 2.88. The Morgan fingerprint density at radius 3 is 2.75 bits per heavy atom. The normalized spacial score (nSPS) is 12.6. The standard InChI is InChI=1S/C21H20N2O3S2/c1-14-19(28-21(22-14)15-5-3-2-4-6-15)12-27-13-20(24)23-16-7-8-17-18(11-16)26-10-9-25-17/h2-8,11H,9-10,12-13H2,1H3,(H,23,24). The van der Waals surface area contributed by atoms with Gasteiger partial charge in [0.2, 0.25) is 5.91 Å². The van der Waals surface area contributed by atoms with Crippen LogP contribution in [-0.2, 0) is 10.5 Å². The first-order chi connectivity index (χ1) is 13.7. The zero-order valence-electron chi connectivity index (χ0n) is 15.4. The molecule has 7 heteroatoms. The molecule has 1 aromatic heterocycles. The van der Waals surface area contributed by atoms with Gasteiger partial charge in [0.1, 0.15) is 18.2 Å². The number of amides is 1. The van der Waals surface area contributed by atoms with Crippen LogP contribution in [0.1, 0.15) is 10.6 Å². The van der Waals surface area contributed by atoms with E-state index in [0.717, 1.165) is 27.7 Å². The first-order valence-corrected chi connectivity index (χ1v) is 10.9. The van der Waals surface area contributed by atoms with Crippen molar-refractivity contribution in [3.63, 3.8) is 0 Å². The summed E-state index contributed by atoms with van der Waals surface area (Å²) in [6.07, 6.45) is 0. The molecule has 0 aliphatic carbocycles. The number of ether oxygens (including phenoxy) is 2. The van der Waals surface area contributed by atoms with Crippen LogP contribution in [0.3, 0.4) is 0 Å². The summed E-state index contributed by atoms with van der Waals surface area (Å²) in [7, 11) is 0. The zero-order valence-corrected chi connectivity index (χ0v) is 17.1. The summed E-state index contributed by atoms with van der Waals surface area (Å²) in [6, 6.07) is 15.6. The van der Waals surface area contributed by atoms with Gasteiger partial charge in [0.15, 0.2) is 11.5 Å². The minimum atomic E-state index is -0.0351. The molecule has 1 aliphatic heterocycles. The maximum Gasteiger partial charge on any atom is 0.234 e. The molecule has 1 amide bonds. The fourth-order valence-electron chi connectivity index (χ4n) is 2.82. The number of fused-ring (bicyclic) bond motifs is 1. The second kappa shape index (κ2) is 8.67. The molecule has 3 aromatic rings. The highest BCUT2D eigenvalue weighted by Gasteiger charge is 2.14. The lowest BCUT2D eigenvalue weighted by Gasteiger charge is -2.19. The lowest BCUT2D eigenvalue weighted by molar-refractivity contribution is -0.113.